The van der Waals surface area contributed by atoms with Gasteiger partial charge in [-0.15, -0.1) is 0 Å². The minimum Gasteiger partial charge on any atom is -0.489 e. The monoisotopic (exact) mass is 374 g/mol. The van der Waals surface area contributed by atoms with Gasteiger partial charge < -0.3 is 24.8 Å². The number of ketones is 1. The molecule has 1 aromatic carbocycles. The number of benzene rings is 1. The van der Waals surface area contributed by atoms with E-state index in [1.165, 1.54) is 0 Å². The van der Waals surface area contributed by atoms with Crippen LogP contribution >= 0.6 is 0 Å². The molecule has 2 aromatic rings. The van der Waals surface area contributed by atoms with Gasteiger partial charge in [-0.2, -0.15) is 4.98 Å². The lowest BCUT2D eigenvalue weighted by Crippen LogP contribution is -2.48. The Morgan fingerprint density at radius 2 is 2.26 bits per heavy atom. The number of carbonyl (C=O) groups excluding carboxylic acids is 2. The first-order valence-electron chi connectivity index (χ1n) is 8.98. The maximum absolute atomic E-state index is 11.9. The number of aryl methyl sites for hydroxylation is 1. The van der Waals surface area contributed by atoms with Crippen molar-refractivity contribution in [1.82, 2.24) is 20.2 Å². The van der Waals surface area contributed by atoms with E-state index in [9.17, 15) is 9.59 Å². The van der Waals surface area contributed by atoms with Gasteiger partial charge in [-0.3, -0.25) is 14.2 Å². The van der Waals surface area contributed by atoms with Gasteiger partial charge in [0.15, 0.2) is 11.9 Å². The third kappa shape index (κ3) is 3.74. The van der Waals surface area contributed by atoms with Gasteiger partial charge in [0.2, 0.25) is 0 Å². The predicted molar refractivity (Wildman–Crippen MR) is 95.9 cm³/mol. The molecule has 1 aromatic heterocycles. The topological polar surface area (TPSA) is 104 Å². The van der Waals surface area contributed by atoms with Crippen LogP contribution in [0.15, 0.2) is 18.2 Å². The molecule has 2 atom stereocenters. The molecular formula is C18H22N4O5. The van der Waals surface area contributed by atoms with Crippen molar-refractivity contribution < 1.29 is 23.8 Å². The largest absolute Gasteiger partial charge is 0.489 e. The number of para-hydroxylation sites is 1. The zero-order chi connectivity index (χ0) is 18.8. The third-order valence-corrected chi connectivity index (χ3v) is 4.66. The molecule has 0 bridgehead atoms. The summed E-state index contributed by atoms with van der Waals surface area (Å²) >= 11 is 0. The van der Waals surface area contributed by atoms with E-state index in [-0.39, 0.29) is 36.8 Å². The lowest BCUT2D eigenvalue weighted by atomic mass is 10.1. The number of piperidine rings is 1. The molecule has 144 valence electrons. The van der Waals surface area contributed by atoms with Crippen molar-refractivity contribution in [3.05, 3.63) is 18.2 Å². The summed E-state index contributed by atoms with van der Waals surface area (Å²) in [6, 6.07) is 5.83. The van der Waals surface area contributed by atoms with E-state index in [1.807, 2.05) is 18.2 Å². The van der Waals surface area contributed by atoms with Crippen LogP contribution in [0.4, 0.5) is 0 Å². The lowest BCUT2D eigenvalue weighted by Gasteiger charge is -2.23. The van der Waals surface area contributed by atoms with E-state index in [1.54, 1.807) is 11.6 Å². The number of nitrogens with one attached hydrogen (secondary N) is 2. The number of imidazole rings is 1. The Morgan fingerprint density at radius 3 is 3.07 bits per heavy atom. The summed E-state index contributed by atoms with van der Waals surface area (Å²) in [6.07, 6.45) is -0.826. The molecule has 0 spiro atoms. The Morgan fingerprint density at radius 1 is 1.37 bits per heavy atom. The van der Waals surface area contributed by atoms with Crippen molar-refractivity contribution in [3.63, 3.8) is 0 Å². The minimum absolute atomic E-state index is 0.00472. The molecule has 2 N–H and O–H groups in total. The molecule has 2 fully saturated rings. The number of hydrogen-bond acceptors (Lipinski definition) is 7. The highest BCUT2D eigenvalue weighted by Gasteiger charge is 2.30. The van der Waals surface area contributed by atoms with E-state index in [4.69, 9.17) is 14.2 Å². The Bertz CT molecular complexity index is 859. The van der Waals surface area contributed by atoms with E-state index in [0.717, 1.165) is 18.6 Å². The van der Waals surface area contributed by atoms with E-state index in [0.29, 0.717) is 24.5 Å². The fraction of sp³-hybridized carbons (Fsp3) is 0.500. The first-order valence-corrected chi connectivity index (χ1v) is 8.98. The highest BCUT2D eigenvalue weighted by molar-refractivity contribution is 5.96. The van der Waals surface area contributed by atoms with Crippen LogP contribution in [-0.4, -0.2) is 66.3 Å². The second-order valence-electron chi connectivity index (χ2n) is 6.65. The fourth-order valence-corrected chi connectivity index (χ4v) is 3.24. The van der Waals surface area contributed by atoms with Crippen LogP contribution < -0.4 is 20.1 Å². The van der Waals surface area contributed by atoms with Gasteiger partial charge in [0, 0.05) is 20.1 Å². The van der Waals surface area contributed by atoms with Crippen molar-refractivity contribution in [1.29, 1.82) is 0 Å². The molecule has 2 aliphatic rings. The summed E-state index contributed by atoms with van der Waals surface area (Å²) in [5.74, 6) is 0.291. The zero-order valence-electron chi connectivity index (χ0n) is 15.1. The number of amides is 1. The lowest BCUT2D eigenvalue weighted by molar-refractivity contribution is -0.137. The van der Waals surface area contributed by atoms with Gasteiger partial charge in [0.05, 0.1) is 25.1 Å². The van der Waals surface area contributed by atoms with Crippen molar-refractivity contribution >= 4 is 22.7 Å². The normalized spacial score (nSPS) is 23.3. The average molecular weight is 374 g/mol. The highest BCUT2D eigenvalue weighted by Crippen LogP contribution is 2.29. The van der Waals surface area contributed by atoms with Crippen LogP contribution in [0.2, 0.25) is 0 Å². The van der Waals surface area contributed by atoms with Crippen LogP contribution in [0.5, 0.6) is 11.8 Å². The van der Waals surface area contributed by atoms with Crippen LogP contribution in [0.25, 0.3) is 11.0 Å². The Hall–Kier alpha value is -2.65. The number of morpholine rings is 1. The predicted octanol–water partition coefficient (Wildman–Crippen LogP) is -0.223. The first-order chi connectivity index (χ1) is 13.1. The van der Waals surface area contributed by atoms with E-state index in [2.05, 4.69) is 15.6 Å². The van der Waals surface area contributed by atoms with E-state index < -0.39 is 6.10 Å². The number of aromatic nitrogens is 2. The van der Waals surface area contributed by atoms with Gasteiger partial charge in [0.25, 0.3) is 11.9 Å². The summed E-state index contributed by atoms with van der Waals surface area (Å²) in [4.78, 5) is 28.0. The second kappa shape index (κ2) is 7.53. The molecular weight excluding hydrogens is 352 g/mol. The smallest absolute Gasteiger partial charge is 0.297 e. The Balaban J connectivity index is 1.54. The quantitative estimate of drug-likeness (QED) is 0.745. The maximum Gasteiger partial charge on any atom is 0.297 e. The number of nitrogens with zero attached hydrogens (tertiary/aromatic N) is 2. The molecule has 27 heavy (non-hydrogen) atoms. The number of ether oxygens (including phenoxy) is 3. The summed E-state index contributed by atoms with van der Waals surface area (Å²) < 4.78 is 19.1. The van der Waals surface area contributed by atoms with Crippen molar-refractivity contribution in [3.8, 4) is 11.8 Å². The number of fused-ring (bicyclic) bond motifs is 1. The van der Waals surface area contributed by atoms with Crippen LogP contribution in [0.3, 0.4) is 0 Å². The number of Topliss-reactive ketones (excluding diaryl/α,β-unsaturated/α-hetero) is 1. The third-order valence-electron chi connectivity index (χ3n) is 4.66. The van der Waals surface area contributed by atoms with Gasteiger partial charge in [-0.25, -0.2) is 0 Å². The molecule has 1 amide bonds. The van der Waals surface area contributed by atoms with Gasteiger partial charge in [0.1, 0.15) is 24.0 Å². The molecule has 4 rings (SSSR count). The van der Waals surface area contributed by atoms with E-state index >= 15 is 0 Å². The summed E-state index contributed by atoms with van der Waals surface area (Å²) in [5, 5.41) is 5.80. The van der Waals surface area contributed by atoms with Gasteiger partial charge in [-0.05, 0) is 12.1 Å². The van der Waals surface area contributed by atoms with Crippen LogP contribution in [0.1, 0.15) is 6.42 Å². The molecule has 2 saturated heterocycles. The molecule has 9 nitrogen and oxygen atoms in total. The molecule has 0 aliphatic carbocycles. The molecule has 9 heteroatoms. The SMILES string of the molecule is Cn1c(OC2CC(=O)CNC2=O)nc2cccc(OC[C@@H]3CNCCO3)c21. The van der Waals surface area contributed by atoms with Crippen LogP contribution in [0, 0.1) is 0 Å². The summed E-state index contributed by atoms with van der Waals surface area (Å²) in [5.41, 5.74) is 1.45. The number of hydrogen-bond donors (Lipinski definition) is 2. The number of carbonyl (C=O) groups is 2. The molecule has 1 unspecified atom stereocenters. The Kier molecular flexibility index (Phi) is 4.95. The van der Waals surface area contributed by atoms with Crippen molar-refractivity contribution in [2.75, 3.05) is 32.8 Å². The Labute approximate surface area is 156 Å². The van der Waals surface area contributed by atoms with Crippen molar-refractivity contribution in [2.45, 2.75) is 18.6 Å². The van der Waals surface area contributed by atoms with Gasteiger partial charge >= 0.3 is 0 Å². The highest BCUT2D eigenvalue weighted by atomic mass is 16.5. The standard InChI is InChI=1S/C18H22N4O5/c1-22-16-13(21-18(22)27-15-7-11(23)8-20-17(15)24)3-2-4-14(16)26-10-12-9-19-5-6-25-12/h2-4,12,15,19H,5-10H2,1H3,(H,20,24)/t12-,15?/m0/s1. The minimum atomic E-state index is -0.868. The molecule has 3 heterocycles. The fourth-order valence-electron chi connectivity index (χ4n) is 3.24. The second-order valence-corrected chi connectivity index (χ2v) is 6.65. The number of rotatable bonds is 5. The average Bonchev–Trinajstić information content (AvgIpc) is 3.00. The first kappa shape index (κ1) is 17.7. The molecule has 0 radical (unpaired) electrons. The maximum atomic E-state index is 11.9. The summed E-state index contributed by atoms with van der Waals surface area (Å²) in [7, 11) is 1.79. The summed E-state index contributed by atoms with van der Waals surface area (Å²) in [6.45, 7) is 2.75. The van der Waals surface area contributed by atoms with Crippen LogP contribution in [-0.2, 0) is 21.4 Å². The molecule has 0 saturated carbocycles. The molecule has 2 aliphatic heterocycles. The zero-order valence-corrected chi connectivity index (χ0v) is 15.1. The van der Waals surface area contributed by atoms with Crippen molar-refractivity contribution in [2.24, 2.45) is 7.05 Å². The van der Waals surface area contributed by atoms with Gasteiger partial charge in [-0.1, -0.05) is 6.07 Å².